The maximum Gasteiger partial charge on any atom is 0.122 e. The standard InChI is InChI=1S/C16H17N3O/c1-11-7-16(17)19(18-11)10-12-3-4-14-9-15(20-2)6-5-13(14)8-12/h3-9H,10,17H2,1-2H3. The molecule has 2 aromatic carbocycles. The number of fused-ring (bicyclic) bond motifs is 1. The molecule has 0 aliphatic heterocycles. The third kappa shape index (κ3) is 2.32. The number of aromatic nitrogens is 2. The number of nitrogens with zero attached hydrogens (tertiary/aromatic N) is 2. The van der Waals surface area contributed by atoms with Crippen LogP contribution in [0.4, 0.5) is 5.82 Å². The van der Waals surface area contributed by atoms with Gasteiger partial charge in [0, 0.05) is 6.07 Å². The molecule has 20 heavy (non-hydrogen) atoms. The molecule has 3 aromatic rings. The number of hydrogen-bond donors (Lipinski definition) is 1. The van der Waals surface area contributed by atoms with Crippen LogP contribution in [0.3, 0.4) is 0 Å². The number of methoxy groups -OCH3 is 1. The minimum atomic E-state index is 0.682. The van der Waals surface area contributed by atoms with Gasteiger partial charge in [0.25, 0.3) is 0 Å². The molecule has 0 aliphatic carbocycles. The van der Waals surface area contributed by atoms with E-state index in [0.29, 0.717) is 12.4 Å². The quantitative estimate of drug-likeness (QED) is 0.793. The van der Waals surface area contributed by atoms with Crippen LogP contribution < -0.4 is 10.5 Å². The van der Waals surface area contributed by atoms with Crippen molar-refractivity contribution in [3.63, 3.8) is 0 Å². The van der Waals surface area contributed by atoms with Crippen LogP contribution in [-0.4, -0.2) is 16.9 Å². The molecule has 0 amide bonds. The van der Waals surface area contributed by atoms with Gasteiger partial charge < -0.3 is 10.5 Å². The highest BCUT2D eigenvalue weighted by molar-refractivity contribution is 5.84. The number of rotatable bonds is 3. The molecule has 0 fully saturated rings. The molecular formula is C16H17N3O. The molecule has 0 aliphatic rings. The number of hydrogen-bond acceptors (Lipinski definition) is 3. The van der Waals surface area contributed by atoms with Crippen molar-refractivity contribution < 1.29 is 4.74 Å². The van der Waals surface area contributed by atoms with Crippen molar-refractivity contribution in [3.8, 4) is 5.75 Å². The van der Waals surface area contributed by atoms with Crippen molar-refractivity contribution in [2.75, 3.05) is 12.8 Å². The van der Waals surface area contributed by atoms with E-state index in [1.54, 1.807) is 7.11 Å². The molecule has 0 bridgehead atoms. The summed E-state index contributed by atoms with van der Waals surface area (Å²) in [5.74, 6) is 1.56. The van der Waals surface area contributed by atoms with Gasteiger partial charge in [-0.05, 0) is 41.5 Å². The van der Waals surface area contributed by atoms with Crippen molar-refractivity contribution >= 4 is 16.6 Å². The first-order valence-electron chi connectivity index (χ1n) is 6.52. The lowest BCUT2D eigenvalue weighted by Crippen LogP contribution is -2.05. The Morgan fingerprint density at radius 3 is 2.55 bits per heavy atom. The molecule has 4 nitrogen and oxygen atoms in total. The van der Waals surface area contributed by atoms with Crippen LogP contribution in [0.2, 0.25) is 0 Å². The van der Waals surface area contributed by atoms with Gasteiger partial charge in [0.2, 0.25) is 0 Å². The minimum Gasteiger partial charge on any atom is -0.497 e. The predicted octanol–water partition coefficient (Wildman–Crippen LogP) is 2.98. The van der Waals surface area contributed by atoms with Crippen LogP contribution in [0.25, 0.3) is 10.8 Å². The number of nitrogen functional groups attached to an aromatic ring is 1. The average molecular weight is 267 g/mol. The van der Waals surface area contributed by atoms with E-state index in [-0.39, 0.29) is 0 Å². The third-order valence-corrected chi connectivity index (χ3v) is 3.38. The van der Waals surface area contributed by atoms with Crippen LogP contribution in [0.1, 0.15) is 11.3 Å². The van der Waals surface area contributed by atoms with Crippen molar-refractivity contribution in [1.29, 1.82) is 0 Å². The highest BCUT2D eigenvalue weighted by atomic mass is 16.5. The lowest BCUT2D eigenvalue weighted by molar-refractivity contribution is 0.415. The third-order valence-electron chi connectivity index (χ3n) is 3.38. The molecule has 0 unspecified atom stereocenters. The Hall–Kier alpha value is -2.49. The molecule has 1 heterocycles. The number of aryl methyl sites for hydroxylation is 1. The lowest BCUT2D eigenvalue weighted by atomic mass is 10.1. The molecule has 102 valence electrons. The van der Waals surface area contributed by atoms with E-state index in [4.69, 9.17) is 10.5 Å². The number of nitrogens with two attached hydrogens (primary N) is 1. The number of ether oxygens (including phenoxy) is 1. The Balaban J connectivity index is 1.95. The van der Waals surface area contributed by atoms with Crippen molar-refractivity contribution in [3.05, 3.63) is 53.7 Å². The van der Waals surface area contributed by atoms with Crippen LogP contribution >= 0.6 is 0 Å². The van der Waals surface area contributed by atoms with Gasteiger partial charge >= 0.3 is 0 Å². The molecule has 2 N–H and O–H groups in total. The lowest BCUT2D eigenvalue weighted by Gasteiger charge is -2.07. The van der Waals surface area contributed by atoms with Gasteiger partial charge in [-0.2, -0.15) is 5.10 Å². The van der Waals surface area contributed by atoms with Crippen LogP contribution in [0.5, 0.6) is 5.75 Å². The molecule has 0 saturated heterocycles. The topological polar surface area (TPSA) is 53.1 Å². The summed E-state index contributed by atoms with van der Waals surface area (Å²) < 4.78 is 7.06. The largest absolute Gasteiger partial charge is 0.497 e. The molecule has 3 rings (SSSR count). The Morgan fingerprint density at radius 2 is 1.85 bits per heavy atom. The second kappa shape index (κ2) is 4.89. The SMILES string of the molecule is COc1ccc2cc(Cn3nc(C)cc3N)ccc2c1. The Morgan fingerprint density at radius 1 is 1.10 bits per heavy atom. The fourth-order valence-corrected chi connectivity index (χ4v) is 2.36. The first-order chi connectivity index (χ1) is 9.65. The summed E-state index contributed by atoms with van der Waals surface area (Å²) in [6.07, 6.45) is 0. The molecular weight excluding hydrogens is 250 g/mol. The normalized spacial score (nSPS) is 10.9. The minimum absolute atomic E-state index is 0.682. The fraction of sp³-hybridized carbons (Fsp3) is 0.188. The molecule has 0 radical (unpaired) electrons. The van der Waals surface area contributed by atoms with Gasteiger partial charge in [-0.1, -0.05) is 18.2 Å². The Labute approximate surface area is 117 Å². The van der Waals surface area contributed by atoms with Crippen LogP contribution in [-0.2, 0) is 6.54 Å². The second-order valence-corrected chi connectivity index (χ2v) is 4.92. The molecule has 0 atom stereocenters. The van der Waals surface area contributed by atoms with E-state index in [1.807, 2.05) is 29.8 Å². The number of anilines is 1. The molecule has 4 heteroatoms. The van der Waals surface area contributed by atoms with Crippen molar-refractivity contribution in [2.45, 2.75) is 13.5 Å². The Kier molecular flexibility index (Phi) is 3.06. The van der Waals surface area contributed by atoms with Gasteiger partial charge in [0.15, 0.2) is 0 Å². The maximum absolute atomic E-state index is 5.92. The fourth-order valence-electron chi connectivity index (χ4n) is 2.36. The first-order valence-corrected chi connectivity index (χ1v) is 6.52. The maximum atomic E-state index is 5.92. The van der Waals surface area contributed by atoms with Crippen LogP contribution in [0.15, 0.2) is 42.5 Å². The van der Waals surface area contributed by atoms with Crippen LogP contribution in [0, 0.1) is 6.92 Å². The average Bonchev–Trinajstić information content (AvgIpc) is 2.76. The highest BCUT2D eigenvalue weighted by Crippen LogP contribution is 2.22. The summed E-state index contributed by atoms with van der Waals surface area (Å²) in [6, 6.07) is 14.3. The van der Waals surface area contributed by atoms with E-state index in [9.17, 15) is 0 Å². The Bertz CT molecular complexity index is 762. The summed E-state index contributed by atoms with van der Waals surface area (Å²) in [4.78, 5) is 0. The summed E-state index contributed by atoms with van der Waals surface area (Å²) in [7, 11) is 1.68. The monoisotopic (exact) mass is 267 g/mol. The van der Waals surface area contributed by atoms with Gasteiger partial charge in [-0.3, -0.25) is 0 Å². The molecule has 0 saturated carbocycles. The van der Waals surface area contributed by atoms with Gasteiger partial charge in [-0.15, -0.1) is 0 Å². The van der Waals surface area contributed by atoms with Crippen molar-refractivity contribution in [1.82, 2.24) is 9.78 Å². The first kappa shape index (κ1) is 12.5. The van der Waals surface area contributed by atoms with Gasteiger partial charge in [0.1, 0.15) is 11.6 Å². The van der Waals surface area contributed by atoms with Crippen molar-refractivity contribution in [2.24, 2.45) is 0 Å². The van der Waals surface area contributed by atoms with E-state index < -0.39 is 0 Å². The highest BCUT2D eigenvalue weighted by Gasteiger charge is 2.04. The van der Waals surface area contributed by atoms with E-state index in [1.165, 1.54) is 10.9 Å². The van der Waals surface area contributed by atoms with Gasteiger partial charge in [-0.25, -0.2) is 4.68 Å². The smallest absolute Gasteiger partial charge is 0.122 e. The summed E-state index contributed by atoms with van der Waals surface area (Å²) in [6.45, 7) is 2.63. The second-order valence-electron chi connectivity index (χ2n) is 4.92. The zero-order chi connectivity index (χ0) is 14.1. The summed E-state index contributed by atoms with van der Waals surface area (Å²) >= 11 is 0. The zero-order valence-corrected chi connectivity index (χ0v) is 11.6. The molecule has 1 aromatic heterocycles. The van der Waals surface area contributed by atoms with E-state index in [2.05, 4.69) is 29.4 Å². The van der Waals surface area contributed by atoms with Gasteiger partial charge in [0.05, 0.1) is 19.3 Å². The number of benzene rings is 2. The van der Waals surface area contributed by atoms with E-state index >= 15 is 0 Å². The summed E-state index contributed by atoms with van der Waals surface area (Å²) in [5.41, 5.74) is 8.04. The zero-order valence-electron chi connectivity index (χ0n) is 11.6. The van der Waals surface area contributed by atoms with E-state index in [0.717, 1.165) is 16.8 Å². The summed E-state index contributed by atoms with van der Waals surface area (Å²) in [5, 5.41) is 6.74. The molecule has 0 spiro atoms. The predicted molar refractivity (Wildman–Crippen MR) is 81.0 cm³/mol.